The van der Waals surface area contributed by atoms with E-state index in [4.69, 9.17) is 20.8 Å². The summed E-state index contributed by atoms with van der Waals surface area (Å²) in [7, 11) is 0. The van der Waals surface area contributed by atoms with E-state index in [0.29, 0.717) is 28.5 Å². The van der Waals surface area contributed by atoms with Crippen LogP contribution in [0.25, 0.3) is 0 Å². The van der Waals surface area contributed by atoms with E-state index in [1.807, 2.05) is 13.8 Å². The molecule has 6 heteroatoms. The Balaban J connectivity index is 1.67. The predicted molar refractivity (Wildman–Crippen MR) is 89.6 cm³/mol. The van der Waals surface area contributed by atoms with E-state index in [9.17, 15) is 9.59 Å². The van der Waals surface area contributed by atoms with Crippen LogP contribution in [0.5, 0.6) is 5.75 Å². The quantitative estimate of drug-likeness (QED) is 0.891. The normalized spacial score (nSPS) is 17.5. The standard InChI is InChI=1S/C18H18ClNO4/c1-10-8-13(21)18-15(6-5-12(19)17(10)18)24-9-16(22)20-11(2)14-4-3-7-23-14/h3-7,10-11H,8-9H2,1-2H3,(H,20,22)/t10-,11-/m1/s1. The third-order valence-corrected chi connectivity index (χ3v) is 4.45. The molecule has 1 aliphatic carbocycles. The van der Waals surface area contributed by atoms with Crippen molar-refractivity contribution in [3.63, 3.8) is 0 Å². The Kier molecular flexibility index (Phi) is 4.62. The van der Waals surface area contributed by atoms with Gasteiger partial charge in [0.15, 0.2) is 12.4 Å². The number of rotatable bonds is 5. The average molecular weight is 348 g/mol. The Bertz CT molecular complexity index is 770. The van der Waals surface area contributed by atoms with Crippen LogP contribution in [-0.2, 0) is 4.79 Å². The van der Waals surface area contributed by atoms with E-state index in [0.717, 1.165) is 5.56 Å². The number of benzene rings is 1. The van der Waals surface area contributed by atoms with Crippen LogP contribution in [-0.4, -0.2) is 18.3 Å². The molecule has 1 aliphatic rings. The number of fused-ring (bicyclic) bond motifs is 1. The second-order valence-corrected chi connectivity index (χ2v) is 6.36. The van der Waals surface area contributed by atoms with Gasteiger partial charge in [0.25, 0.3) is 5.91 Å². The van der Waals surface area contributed by atoms with Crippen LogP contribution < -0.4 is 10.1 Å². The maximum atomic E-state index is 12.2. The Morgan fingerprint density at radius 2 is 2.25 bits per heavy atom. The molecule has 0 saturated carbocycles. The molecule has 0 saturated heterocycles. The lowest BCUT2D eigenvalue weighted by molar-refractivity contribution is -0.123. The SMILES string of the molecule is C[C@@H]1CC(=O)c2c(OCC(=O)N[C@H](C)c3ccco3)ccc(Cl)c21. The number of carbonyl (C=O) groups is 2. The van der Waals surface area contributed by atoms with Gasteiger partial charge in [-0.2, -0.15) is 0 Å². The van der Waals surface area contributed by atoms with Gasteiger partial charge >= 0.3 is 0 Å². The second-order valence-electron chi connectivity index (χ2n) is 5.96. The van der Waals surface area contributed by atoms with Crippen molar-refractivity contribution in [2.24, 2.45) is 0 Å². The first kappa shape index (κ1) is 16.6. The zero-order valence-corrected chi connectivity index (χ0v) is 14.2. The molecule has 0 aliphatic heterocycles. The van der Waals surface area contributed by atoms with Crippen molar-refractivity contribution in [1.29, 1.82) is 0 Å². The highest BCUT2D eigenvalue weighted by atomic mass is 35.5. The molecule has 2 atom stereocenters. The maximum Gasteiger partial charge on any atom is 0.258 e. The van der Waals surface area contributed by atoms with Crippen LogP contribution in [0, 0.1) is 0 Å². The van der Waals surface area contributed by atoms with Gasteiger partial charge < -0.3 is 14.5 Å². The number of nitrogens with one attached hydrogen (secondary N) is 1. The molecule has 3 rings (SSSR count). The zero-order chi connectivity index (χ0) is 17.3. The molecule has 0 spiro atoms. The molecular weight excluding hydrogens is 330 g/mol. The maximum absolute atomic E-state index is 12.2. The van der Waals surface area contributed by atoms with Crippen LogP contribution in [0.2, 0.25) is 5.02 Å². The van der Waals surface area contributed by atoms with Crippen molar-refractivity contribution < 1.29 is 18.7 Å². The fourth-order valence-corrected chi connectivity index (χ4v) is 3.32. The molecule has 2 aromatic rings. The van der Waals surface area contributed by atoms with Crippen LogP contribution in [0.15, 0.2) is 34.9 Å². The summed E-state index contributed by atoms with van der Waals surface area (Å²) >= 11 is 6.19. The first-order valence-electron chi connectivity index (χ1n) is 7.78. The highest BCUT2D eigenvalue weighted by Gasteiger charge is 2.32. The number of Topliss-reactive ketones (excluding diaryl/α,β-unsaturated/α-hetero) is 1. The Morgan fingerprint density at radius 3 is 2.96 bits per heavy atom. The highest BCUT2D eigenvalue weighted by Crippen LogP contribution is 2.42. The minimum Gasteiger partial charge on any atom is -0.483 e. The third kappa shape index (κ3) is 3.17. The van der Waals surface area contributed by atoms with Gasteiger partial charge in [-0.1, -0.05) is 18.5 Å². The van der Waals surface area contributed by atoms with Crippen LogP contribution in [0.1, 0.15) is 53.9 Å². The molecule has 1 heterocycles. The average Bonchev–Trinajstić information content (AvgIpc) is 3.16. The van der Waals surface area contributed by atoms with Gasteiger partial charge in [-0.05, 0) is 42.7 Å². The van der Waals surface area contributed by atoms with Gasteiger partial charge in [0, 0.05) is 11.4 Å². The third-order valence-electron chi connectivity index (χ3n) is 4.12. The monoisotopic (exact) mass is 347 g/mol. The summed E-state index contributed by atoms with van der Waals surface area (Å²) < 4.78 is 10.8. The first-order chi connectivity index (χ1) is 11.5. The molecular formula is C18H18ClNO4. The summed E-state index contributed by atoms with van der Waals surface area (Å²) in [4.78, 5) is 24.2. The van der Waals surface area contributed by atoms with Crippen molar-refractivity contribution in [3.8, 4) is 5.75 Å². The molecule has 1 amide bonds. The number of hydrogen-bond donors (Lipinski definition) is 1. The van der Waals surface area contributed by atoms with Gasteiger partial charge in [-0.15, -0.1) is 0 Å². The van der Waals surface area contributed by atoms with Crippen molar-refractivity contribution in [1.82, 2.24) is 5.32 Å². The van der Waals surface area contributed by atoms with Crippen LogP contribution in [0.3, 0.4) is 0 Å². The lowest BCUT2D eigenvalue weighted by Crippen LogP contribution is -2.31. The molecule has 0 radical (unpaired) electrons. The van der Waals surface area contributed by atoms with E-state index in [-0.39, 0.29) is 30.3 Å². The molecule has 1 aromatic carbocycles. The Morgan fingerprint density at radius 1 is 1.46 bits per heavy atom. The van der Waals surface area contributed by atoms with Crippen molar-refractivity contribution in [2.45, 2.75) is 32.2 Å². The summed E-state index contributed by atoms with van der Waals surface area (Å²) in [6.07, 6.45) is 1.97. The molecule has 24 heavy (non-hydrogen) atoms. The largest absolute Gasteiger partial charge is 0.483 e. The lowest BCUT2D eigenvalue weighted by atomic mass is 10.0. The number of carbonyl (C=O) groups excluding carboxylic acids is 2. The number of halogens is 1. The van der Waals surface area contributed by atoms with E-state index >= 15 is 0 Å². The highest BCUT2D eigenvalue weighted by molar-refractivity contribution is 6.32. The molecule has 1 N–H and O–H groups in total. The molecule has 0 bridgehead atoms. The summed E-state index contributed by atoms with van der Waals surface area (Å²) in [6, 6.07) is 6.64. The number of furan rings is 1. The summed E-state index contributed by atoms with van der Waals surface area (Å²) in [5.74, 6) is 0.848. The van der Waals surface area contributed by atoms with Gasteiger partial charge in [0.2, 0.25) is 0 Å². The smallest absolute Gasteiger partial charge is 0.258 e. The van der Waals surface area contributed by atoms with Crippen molar-refractivity contribution >= 4 is 23.3 Å². The van der Waals surface area contributed by atoms with Crippen LogP contribution >= 0.6 is 11.6 Å². The fourth-order valence-electron chi connectivity index (χ4n) is 2.98. The number of amides is 1. The van der Waals surface area contributed by atoms with E-state index < -0.39 is 0 Å². The van der Waals surface area contributed by atoms with Crippen LogP contribution in [0.4, 0.5) is 0 Å². The van der Waals surface area contributed by atoms with E-state index in [2.05, 4.69) is 5.32 Å². The number of ketones is 1. The van der Waals surface area contributed by atoms with Gasteiger partial charge in [0.05, 0.1) is 17.9 Å². The van der Waals surface area contributed by atoms with Crippen molar-refractivity contribution in [3.05, 3.63) is 52.4 Å². The van der Waals surface area contributed by atoms with Crippen molar-refractivity contribution in [2.75, 3.05) is 6.61 Å². The Hall–Kier alpha value is -2.27. The van der Waals surface area contributed by atoms with E-state index in [1.54, 1.807) is 30.5 Å². The number of ether oxygens (including phenoxy) is 1. The van der Waals surface area contributed by atoms with E-state index in [1.165, 1.54) is 0 Å². The fraction of sp³-hybridized carbons (Fsp3) is 0.333. The minimum atomic E-state index is -0.291. The predicted octanol–water partition coefficient (Wildman–Crippen LogP) is 3.88. The molecule has 5 nitrogen and oxygen atoms in total. The van der Waals surface area contributed by atoms with Gasteiger partial charge in [-0.25, -0.2) is 0 Å². The van der Waals surface area contributed by atoms with Gasteiger partial charge in [-0.3, -0.25) is 9.59 Å². The molecule has 0 unspecified atom stereocenters. The van der Waals surface area contributed by atoms with Gasteiger partial charge in [0.1, 0.15) is 11.5 Å². The number of hydrogen-bond acceptors (Lipinski definition) is 4. The molecule has 126 valence electrons. The Labute approximate surface area is 144 Å². The second kappa shape index (κ2) is 6.69. The minimum absolute atomic E-state index is 0.000591. The molecule has 0 fully saturated rings. The molecule has 1 aromatic heterocycles. The summed E-state index contributed by atoms with van der Waals surface area (Å²) in [6.45, 7) is 3.60. The first-order valence-corrected chi connectivity index (χ1v) is 8.16. The lowest BCUT2D eigenvalue weighted by Gasteiger charge is -2.14. The summed E-state index contributed by atoms with van der Waals surface area (Å²) in [5.41, 5.74) is 1.31. The zero-order valence-electron chi connectivity index (χ0n) is 13.5. The topological polar surface area (TPSA) is 68.5 Å². The summed E-state index contributed by atoms with van der Waals surface area (Å²) in [5, 5.41) is 3.34.